The number of alkyl halides is 2. The molecule has 1 aliphatic carbocycles. The van der Waals surface area contributed by atoms with Gasteiger partial charge < -0.3 is 10.2 Å². The first-order chi connectivity index (χ1) is 15.2. The number of aromatic nitrogens is 4. The number of pyridine rings is 1. The first kappa shape index (κ1) is 22.0. The molecule has 0 bridgehead atoms. The Bertz CT molecular complexity index is 1130. The van der Waals surface area contributed by atoms with E-state index >= 15 is 0 Å². The standard InChI is InChI=1S/C21H27F2N7S2/c1-11-9-29(13(3)12(2)25-11)15-7-14(32-28-21(4)5-6-21)10-30-16(8-24-18(15)30)19-26-27-20(31-19)17(22)23/h7-8,10-13,17,25,28H,5-6,9H2,1-4H3/t11-,12?,13?/m1/s1. The molecule has 0 aromatic carbocycles. The Hall–Kier alpha value is -1.82. The van der Waals surface area contributed by atoms with Crippen molar-refractivity contribution in [2.24, 2.45) is 0 Å². The van der Waals surface area contributed by atoms with E-state index < -0.39 is 6.43 Å². The van der Waals surface area contributed by atoms with Crippen LogP contribution in [0.1, 0.15) is 52.0 Å². The van der Waals surface area contributed by atoms with Gasteiger partial charge >= 0.3 is 0 Å². The van der Waals surface area contributed by atoms with Gasteiger partial charge in [-0.25, -0.2) is 13.8 Å². The summed E-state index contributed by atoms with van der Waals surface area (Å²) in [6.45, 7) is 9.67. The van der Waals surface area contributed by atoms with E-state index in [0.29, 0.717) is 22.8 Å². The van der Waals surface area contributed by atoms with Crippen molar-refractivity contribution in [3.8, 4) is 10.7 Å². The zero-order valence-electron chi connectivity index (χ0n) is 18.5. The number of piperazine rings is 1. The van der Waals surface area contributed by atoms with Crippen molar-refractivity contribution >= 4 is 34.6 Å². The van der Waals surface area contributed by atoms with Gasteiger partial charge in [0.2, 0.25) is 0 Å². The predicted octanol–water partition coefficient (Wildman–Crippen LogP) is 4.51. The van der Waals surface area contributed by atoms with Gasteiger partial charge in [0.05, 0.1) is 11.9 Å². The first-order valence-electron chi connectivity index (χ1n) is 10.8. The highest BCUT2D eigenvalue weighted by Crippen LogP contribution is 2.39. The minimum absolute atomic E-state index is 0.175. The van der Waals surface area contributed by atoms with Crippen molar-refractivity contribution < 1.29 is 8.78 Å². The smallest absolute Gasteiger partial charge is 0.291 e. The average Bonchev–Trinajstić information content (AvgIpc) is 3.15. The number of hydrogen-bond acceptors (Lipinski definition) is 8. The Morgan fingerprint density at radius 1 is 1.28 bits per heavy atom. The molecule has 2 unspecified atom stereocenters. The molecular formula is C21H27F2N7S2. The lowest BCUT2D eigenvalue weighted by molar-refractivity contribution is 0.150. The topological polar surface area (TPSA) is 70.4 Å². The highest BCUT2D eigenvalue weighted by atomic mass is 32.2. The molecule has 2 N–H and O–H groups in total. The highest BCUT2D eigenvalue weighted by molar-refractivity contribution is 7.97. The van der Waals surface area contributed by atoms with Gasteiger partial charge in [-0.3, -0.25) is 9.12 Å². The third-order valence-corrected chi connectivity index (χ3v) is 8.37. The van der Waals surface area contributed by atoms with E-state index in [1.165, 1.54) is 0 Å². The molecule has 5 rings (SSSR count). The van der Waals surface area contributed by atoms with Crippen LogP contribution < -0.4 is 14.9 Å². The number of nitrogens with zero attached hydrogens (tertiary/aromatic N) is 5. The van der Waals surface area contributed by atoms with Gasteiger partial charge in [0.15, 0.2) is 15.7 Å². The van der Waals surface area contributed by atoms with Crippen LogP contribution in [0.2, 0.25) is 0 Å². The average molecular weight is 480 g/mol. The van der Waals surface area contributed by atoms with Crippen LogP contribution >= 0.6 is 23.3 Å². The Morgan fingerprint density at radius 2 is 2.06 bits per heavy atom. The lowest BCUT2D eigenvalue weighted by Crippen LogP contribution is -2.59. The third kappa shape index (κ3) is 4.11. The Labute approximate surface area is 194 Å². The summed E-state index contributed by atoms with van der Waals surface area (Å²) < 4.78 is 31.7. The quantitative estimate of drug-likeness (QED) is 0.504. The molecule has 2 fully saturated rings. The molecule has 1 saturated heterocycles. The summed E-state index contributed by atoms with van der Waals surface area (Å²) >= 11 is 2.52. The molecule has 3 aromatic heterocycles. The van der Waals surface area contributed by atoms with E-state index in [1.807, 2.05) is 10.6 Å². The molecule has 1 saturated carbocycles. The highest BCUT2D eigenvalue weighted by Gasteiger charge is 2.37. The second-order valence-electron chi connectivity index (χ2n) is 9.16. The second kappa shape index (κ2) is 8.19. The van der Waals surface area contributed by atoms with E-state index in [4.69, 9.17) is 4.98 Å². The fourth-order valence-electron chi connectivity index (χ4n) is 4.06. The molecule has 0 spiro atoms. The zero-order valence-corrected chi connectivity index (χ0v) is 20.1. The largest absolute Gasteiger partial charge is 0.363 e. The van der Waals surface area contributed by atoms with Crippen molar-refractivity contribution in [3.05, 3.63) is 23.5 Å². The van der Waals surface area contributed by atoms with E-state index in [-0.39, 0.29) is 16.6 Å². The Kier molecular flexibility index (Phi) is 5.63. The van der Waals surface area contributed by atoms with Gasteiger partial charge in [0.1, 0.15) is 5.69 Å². The zero-order chi connectivity index (χ0) is 22.6. The van der Waals surface area contributed by atoms with Crippen molar-refractivity contribution in [2.45, 2.75) is 75.5 Å². The number of hydrogen-bond donors (Lipinski definition) is 2. The van der Waals surface area contributed by atoms with Crippen LogP contribution in [0.15, 0.2) is 23.4 Å². The van der Waals surface area contributed by atoms with Gasteiger partial charge in [-0.2, -0.15) is 0 Å². The maximum Gasteiger partial charge on any atom is 0.291 e. The molecule has 0 radical (unpaired) electrons. The summed E-state index contributed by atoms with van der Waals surface area (Å²) in [7, 11) is 0. The summed E-state index contributed by atoms with van der Waals surface area (Å²) in [5.74, 6) is 0. The minimum Gasteiger partial charge on any atom is -0.363 e. The summed E-state index contributed by atoms with van der Waals surface area (Å²) in [4.78, 5) is 8.13. The van der Waals surface area contributed by atoms with Crippen molar-refractivity contribution in [2.75, 3.05) is 11.4 Å². The van der Waals surface area contributed by atoms with Crippen LogP contribution in [-0.4, -0.2) is 49.8 Å². The fourth-order valence-corrected chi connectivity index (χ4v) is 5.66. The van der Waals surface area contributed by atoms with Crippen molar-refractivity contribution in [1.29, 1.82) is 0 Å². The van der Waals surface area contributed by atoms with Crippen LogP contribution in [0.3, 0.4) is 0 Å². The van der Waals surface area contributed by atoms with Crippen LogP contribution in [0.25, 0.3) is 16.3 Å². The molecular weight excluding hydrogens is 452 g/mol. The van der Waals surface area contributed by atoms with E-state index in [2.05, 4.69) is 58.9 Å². The monoisotopic (exact) mass is 479 g/mol. The number of fused-ring (bicyclic) bond motifs is 1. The van der Waals surface area contributed by atoms with E-state index in [9.17, 15) is 8.78 Å². The normalized spacial score (nSPS) is 25.1. The van der Waals surface area contributed by atoms with Gasteiger partial charge in [-0.1, -0.05) is 11.3 Å². The number of imidazole rings is 1. The minimum atomic E-state index is -2.63. The molecule has 11 heteroatoms. The van der Waals surface area contributed by atoms with Gasteiger partial charge in [-0.15, -0.1) is 10.2 Å². The lowest BCUT2D eigenvalue weighted by atomic mass is 10.0. The van der Waals surface area contributed by atoms with Gasteiger partial charge in [-0.05, 0) is 58.6 Å². The molecule has 7 nitrogen and oxygen atoms in total. The number of nitrogens with one attached hydrogen (secondary N) is 2. The summed E-state index contributed by atoms with van der Waals surface area (Å²) in [5.41, 5.74) is 2.68. The maximum absolute atomic E-state index is 13.1. The molecule has 0 amide bonds. The van der Waals surface area contributed by atoms with Crippen LogP contribution in [0.4, 0.5) is 14.5 Å². The summed E-state index contributed by atoms with van der Waals surface area (Å²) in [6, 6.07) is 3.12. The van der Waals surface area contributed by atoms with E-state index in [0.717, 1.165) is 47.0 Å². The van der Waals surface area contributed by atoms with E-state index in [1.54, 1.807) is 18.1 Å². The molecule has 32 heavy (non-hydrogen) atoms. The Balaban J connectivity index is 1.60. The molecule has 1 aliphatic heterocycles. The predicted molar refractivity (Wildman–Crippen MR) is 125 cm³/mol. The number of halogens is 2. The number of anilines is 1. The molecule has 3 aromatic rings. The van der Waals surface area contributed by atoms with Gasteiger partial charge in [0.25, 0.3) is 6.43 Å². The van der Waals surface area contributed by atoms with Crippen LogP contribution in [0, 0.1) is 0 Å². The first-order valence-corrected chi connectivity index (χ1v) is 12.5. The lowest BCUT2D eigenvalue weighted by Gasteiger charge is -2.43. The van der Waals surface area contributed by atoms with Crippen LogP contribution in [0.5, 0.6) is 0 Å². The molecule has 4 heterocycles. The molecule has 172 valence electrons. The maximum atomic E-state index is 13.1. The van der Waals surface area contributed by atoms with Crippen molar-refractivity contribution in [3.63, 3.8) is 0 Å². The fraction of sp³-hybridized carbons (Fsp3) is 0.571. The molecule has 3 atom stereocenters. The third-order valence-electron chi connectivity index (χ3n) is 6.37. The molecule has 2 aliphatic rings. The summed E-state index contributed by atoms with van der Waals surface area (Å²) in [6.07, 6.45) is 3.41. The van der Waals surface area contributed by atoms with Crippen LogP contribution in [-0.2, 0) is 0 Å². The second-order valence-corrected chi connectivity index (χ2v) is 11.0. The van der Waals surface area contributed by atoms with Crippen molar-refractivity contribution in [1.82, 2.24) is 29.6 Å². The Morgan fingerprint density at radius 3 is 2.75 bits per heavy atom. The van der Waals surface area contributed by atoms with Gasteiger partial charge in [0, 0.05) is 41.3 Å². The summed E-state index contributed by atoms with van der Waals surface area (Å²) in [5, 5.41) is 11.5. The number of rotatable bonds is 6. The SMILES string of the molecule is CC1N[C@H](C)CN(c2cc(SNC3(C)CC3)cn3c(-c4nnc(C(F)F)s4)cnc23)C1C.